The Morgan fingerprint density at radius 3 is 1.88 bits per heavy atom. The van der Waals surface area contributed by atoms with Crippen molar-refractivity contribution in [3.63, 3.8) is 0 Å². The van der Waals surface area contributed by atoms with Gasteiger partial charge in [0.2, 0.25) is 12.6 Å². The SMILES string of the molecule is COc1ccc(C(=O)OC2C(OC(C)=O)OCC(=O)C3C(OC4OC(COC(C)=O)C(OC(C)=O)C(OC(C)=O)C4OC(C)=O)OCCC23)cc1. The van der Waals surface area contributed by atoms with Gasteiger partial charge in [0.25, 0.3) is 0 Å². The third kappa shape index (κ3) is 10.2. The first-order valence-electron chi connectivity index (χ1n) is 15.9. The third-order valence-corrected chi connectivity index (χ3v) is 8.01. The summed E-state index contributed by atoms with van der Waals surface area (Å²) in [6.45, 7) is 4.24. The fourth-order valence-corrected chi connectivity index (χ4v) is 6.00. The van der Waals surface area contributed by atoms with E-state index in [1.165, 1.54) is 19.2 Å². The van der Waals surface area contributed by atoms with Crippen molar-refractivity contribution in [2.75, 3.05) is 26.9 Å². The van der Waals surface area contributed by atoms with Crippen LogP contribution in [0.2, 0.25) is 0 Å². The molecule has 0 aliphatic carbocycles. The van der Waals surface area contributed by atoms with Gasteiger partial charge in [-0.05, 0) is 30.7 Å². The number of carbonyl (C=O) groups excluding carboxylic acids is 7. The van der Waals surface area contributed by atoms with Crippen molar-refractivity contribution in [1.82, 2.24) is 0 Å². The topological polar surface area (TPSA) is 221 Å². The molecule has 51 heavy (non-hydrogen) atoms. The molecule has 0 saturated carbocycles. The number of rotatable bonds is 11. The van der Waals surface area contributed by atoms with Crippen LogP contribution in [0.15, 0.2) is 24.3 Å². The molecule has 0 bridgehead atoms. The minimum Gasteiger partial charge on any atom is -0.497 e. The number of methoxy groups -OCH3 is 1. The Labute approximate surface area is 292 Å². The number of hydrogen-bond acceptors (Lipinski definition) is 18. The number of carbonyl (C=O) groups is 7. The molecule has 0 radical (unpaired) electrons. The second-order valence-electron chi connectivity index (χ2n) is 11.8. The fourth-order valence-electron chi connectivity index (χ4n) is 6.00. The molecule has 1 aromatic carbocycles. The van der Waals surface area contributed by atoms with E-state index in [0.717, 1.165) is 34.6 Å². The number of hydrogen-bond donors (Lipinski definition) is 0. The predicted molar refractivity (Wildman–Crippen MR) is 163 cm³/mol. The van der Waals surface area contributed by atoms with E-state index in [1.54, 1.807) is 12.1 Å². The van der Waals surface area contributed by atoms with Gasteiger partial charge < -0.3 is 52.1 Å². The summed E-state index contributed by atoms with van der Waals surface area (Å²) >= 11 is 0. The molecule has 18 nitrogen and oxygen atoms in total. The molecule has 10 atom stereocenters. The zero-order valence-corrected chi connectivity index (χ0v) is 28.8. The van der Waals surface area contributed by atoms with E-state index in [4.69, 9.17) is 52.1 Å². The number of ketones is 1. The van der Waals surface area contributed by atoms with E-state index in [2.05, 4.69) is 0 Å². The Bertz CT molecular complexity index is 1460. The van der Waals surface area contributed by atoms with Crippen molar-refractivity contribution in [3.8, 4) is 5.75 Å². The molecule has 280 valence electrons. The molecule has 0 aromatic heterocycles. The molecule has 3 fully saturated rings. The van der Waals surface area contributed by atoms with E-state index >= 15 is 0 Å². The lowest BCUT2D eigenvalue weighted by atomic mass is 9.80. The quantitative estimate of drug-likeness (QED) is 0.227. The van der Waals surface area contributed by atoms with Crippen LogP contribution in [0, 0.1) is 11.8 Å². The molecule has 3 aliphatic heterocycles. The molecule has 0 spiro atoms. The summed E-state index contributed by atoms with van der Waals surface area (Å²) in [5, 5.41) is 0. The van der Waals surface area contributed by atoms with Crippen molar-refractivity contribution in [1.29, 1.82) is 0 Å². The number of esters is 6. The predicted octanol–water partition coefficient (Wildman–Crippen LogP) is 0.788. The summed E-state index contributed by atoms with van der Waals surface area (Å²) in [7, 11) is 1.46. The van der Waals surface area contributed by atoms with Crippen LogP contribution in [0.3, 0.4) is 0 Å². The largest absolute Gasteiger partial charge is 0.497 e. The van der Waals surface area contributed by atoms with Crippen molar-refractivity contribution < 1.29 is 85.7 Å². The summed E-state index contributed by atoms with van der Waals surface area (Å²) in [4.78, 5) is 87.5. The number of ether oxygens (including phenoxy) is 11. The average Bonchev–Trinajstić information content (AvgIpc) is 3.18. The summed E-state index contributed by atoms with van der Waals surface area (Å²) in [5.41, 5.74) is 0.127. The standard InChI is InChI=1S/C33H40O18/c1-15(34)43-14-24-27(45-16(2)35)28(46-17(3)36)29(47-18(4)37)33(49-24)51-31-25-22(11-12-42-31)26(32(48-19(5)38)44-13-23(25)39)50-30(40)20-7-9-21(41-6)10-8-20/h7-10,22,24-29,31-33H,11-14H2,1-6H3. The van der Waals surface area contributed by atoms with Gasteiger partial charge in [0.05, 0.1) is 25.2 Å². The zero-order chi connectivity index (χ0) is 37.4. The fraction of sp³-hybridized carbons (Fsp3) is 0.606. The van der Waals surface area contributed by atoms with Gasteiger partial charge in [-0.3, -0.25) is 28.8 Å². The first-order chi connectivity index (χ1) is 24.2. The molecule has 4 rings (SSSR count). The van der Waals surface area contributed by atoms with E-state index in [0.29, 0.717) is 5.75 Å². The van der Waals surface area contributed by atoms with Gasteiger partial charge in [-0.2, -0.15) is 0 Å². The van der Waals surface area contributed by atoms with E-state index < -0.39 is 116 Å². The van der Waals surface area contributed by atoms with Crippen LogP contribution in [0.1, 0.15) is 51.4 Å². The Morgan fingerprint density at radius 1 is 0.686 bits per heavy atom. The minimum absolute atomic E-state index is 0.0756. The third-order valence-electron chi connectivity index (χ3n) is 8.01. The molecule has 3 aliphatic rings. The van der Waals surface area contributed by atoms with Crippen LogP contribution in [-0.4, -0.2) is 118 Å². The lowest BCUT2D eigenvalue weighted by Crippen LogP contribution is -2.64. The maximum absolute atomic E-state index is 13.7. The Balaban J connectivity index is 1.70. The smallest absolute Gasteiger partial charge is 0.338 e. The monoisotopic (exact) mass is 724 g/mol. The molecule has 3 saturated heterocycles. The number of Topliss-reactive ketones (excluding diaryl/α,β-unsaturated/α-hetero) is 1. The average molecular weight is 725 g/mol. The highest BCUT2D eigenvalue weighted by Gasteiger charge is 2.56. The Morgan fingerprint density at radius 2 is 1.29 bits per heavy atom. The number of fused-ring (bicyclic) bond motifs is 1. The molecule has 1 aromatic rings. The van der Waals surface area contributed by atoms with E-state index in [1.807, 2.05) is 0 Å². The second kappa shape index (κ2) is 17.5. The molecule has 10 unspecified atom stereocenters. The molecule has 0 N–H and O–H groups in total. The minimum atomic E-state index is -1.68. The van der Waals surface area contributed by atoms with Crippen molar-refractivity contribution in [2.24, 2.45) is 11.8 Å². The molecular formula is C33H40O18. The Kier molecular flexibility index (Phi) is 13.4. The zero-order valence-electron chi connectivity index (χ0n) is 28.8. The van der Waals surface area contributed by atoms with Crippen LogP contribution >= 0.6 is 0 Å². The van der Waals surface area contributed by atoms with Crippen LogP contribution in [0.4, 0.5) is 0 Å². The maximum atomic E-state index is 13.7. The van der Waals surface area contributed by atoms with E-state index in [-0.39, 0.29) is 18.6 Å². The molecule has 0 amide bonds. The van der Waals surface area contributed by atoms with Gasteiger partial charge in [-0.25, -0.2) is 4.79 Å². The first kappa shape index (κ1) is 39.1. The number of benzene rings is 1. The van der Waals surface area contributed by atoms with Crippen molar-refractivity contribution in [3.05, 3.63) is 29.8 Å². The molecular weight excluding hydrogens is 684 g/mol. The van der Waals surface area contributed by atoms with Crippen LogP contribution in [0.25, 0.3) is 0 Å². The van der Waals surface area contributed by atoms with Gasteiger partial charge in [0.1, 0.15) is 25.1 Å². The normalized spacial score (nSPS) is 30.4. The second-order valence-corrected chi connectivity index (χ2v) is 11.8. The molecule has 3 heterocycles. The van der Waals surface area contributed by atoms with Crippen LogP contribution in [0.5, 0.6) is 5.75 Å². The van der Waals surface area contributed by atoms with Gasteiger partial charge in [0.15, 0.2) is 36.5 Å². The van der Waals surface area contributed by atoms with E-state index in [9.17, 15) is 33.6 Å². The maximum Gasteiger partial charge on any atom is 0.338 e. The van der Waals surface area contributed by atoms with Gasteiger partial charge in [-0.1, -0.05) is 0 Å². The Hall–Kier alpha value is -4.65. The summed E-state index contributed by atoms with van der Waals surface area (Å²) in [6, 6.07) is 6.01. The lowest BCUT2D eigenvalue weighted by molar-refractivity contribution is -0.352. The van der Waals surface area contributed by atoms with Crippen LogP contribution < -0.4 is 4.74 Å². The summed E-state index contributed by atoms with van der Waals surface area (Å²) < 4.78 is 61.5. The highest BCUT2D eigenvalue weighted by molar-refractivity contribution is 5.90. The van der Waals surface area contributed by atoms with Gasteiger partial charge in [0, 0.05) is 40.5 Å². The lowest BCUT2D eigenvalue weighted by Gasteiger charge is -2.46. The highest BCUT2D eigenvalue weighted by atomic mass is 16.8. The van der Waals surface area contributed by atoms with Crippen molar-refractivity contribution in [2.45, 2.75) is 90.4 Å². The van der Waals surface area contributed by atoms with Gasteiger partial charge >= 0.3 is 35.8 Å². The summed E-state index contributed by atoms with van der Waals surface area (Å²) in [5.74, 6) is -7.13. The van der Waals surface area contributed by atoms with Crippen LogP contribution in [-0.2, 0) is 76.1 Å². The summed E-state index contributed by atoms with van der Waals surface area (Å²) in [6.07, 6.45) is -11.9. The molecule has 18 heteroatoms. The van der Waals surface area contributed by atoms with Crippen molar-refractivity contribution >= 4 is 41.6 Å². The highest BCUT2D eigenvalue weighted by Crippen LogP contribution is 2.40. The van der Waals surface area contributed by atoms with Gasteiger partial charge in [-0.15, -0.1) is 0 Å². The first-order valence-corrected chi connectivity index (χ1v) is 15.9.